The Bertz CT molecular complexity index is 2010. The number of hydrogen-bond acceptors (Lipinski definition) is 13. The monoisotopic (exact) mass is 1340 g/mol. The van der Waals surface area contributed by atoms with Crippen LogP contribution in [0.1, 0.15) is 303 Å². The molecule has 548 valence electrons. The van der Waals surface area contributed by atoms with Crippen LogP contribution in [0, 0.1) is 0 Å². The van der Waals surface area contributed by atoms with E-state index in [-0.39, 0.29) is 18.9 Å². The van der Waals surface area contributed by atoms with E-state index in [9.17, 15) is 45.6 Å². The van der Waals surface area contributed by atoms with E-state index >= 15 is 0 Å². The van der Waals surface area contributed by atoms with E-state index in [0.717, 1.165) is 96.3 Å². The zero-order valence-electron chi connectivity index (χ0n) is 59.9. The van der Waals surface area contributed by atoms with Crippen LogP contribution in [0.3, 0.4) is 0 Å². The van der Waals surface area contributed by atoms with Crippen LogP contribution >= 0.6 is 0 Å². The lowest BCUT2D eigenvalue weighted by Crippen LogP contribution is -2.65. The highest BCUT2D eigenvalue weighted by Crippen LogP contribution is 2.30. The molecular formula is C81H141NO13. The van der Waals surface area contributed by atoms with Crippen molar-refractivity contribution in [3.8, 4) is 0 Å². The number of carbonyl (C=O) groups is 1. The largest absolute Gasteiger partial charge is 0.394 e. The topological polar surface area (TPSA) is 228 Å². The molecule has 2 saturated heterocycles. The number of ether oxygens (including phenoxy) is 4. The normalized spacial score (nSPS) is 23.0. The van der Waals surface area contributed by atoms with Crippen LogP contribution in [-0.2, 0) is 23.7 Å². The quantitative estimate of drug-likeness (QED) is 0.0204. The van der Waals surface area contributed by atoms with Crippen molar-refractivity contribution in [2.24, 2.45) is 0 Å². The zero-order chi connectivity index (χ0) is 68.7. The van der Waals surface area contributed by atoms with E-state index in [0.29, 0.717) is 6.42 Å². The summed E-state index contributed by atoms with van der Waals surface area (Å²) in [6.45, 7) is 2.70. The van der Waals surface area contributed by atoms with Crippen molar-refractivity contribution in [3.05, 3.63) is 109 Å². The molecule has 1 amide bonds. The van der Waals surface area contributed by atoms with Gasteiger partial charge in [-0.15, -0.1) is 0 Å². The summed E-state index contributed by atoms with van der Waals surface area (Å²) < 4.78 is 22.9. The minimum atomic E-state index is -1.80. The van der Waals surface area contributed by atoms with Gasteiger partial charge in [-0.3, -0.25) is 4.79 Å². The van der Waals surface area contributed by atoms with Gasteiger partial charge in [0.05, 0.1) is 32.0 Å². The molecule has 9 N–H and O–H groups in total. The number of unbranched alkanes of at least 4 members (excludes halogenated alkanes) is 34. The van der Waals surface area contributed by atoms with Crippen molar-refractivity contribution >= 4 is 5.91 Å². The van der Waals surface area contributed by atoms with Crippen LogP contribution < -0.4 is 5.32 Å². The number of hydrogen-bond donors (Lipinski definition) is 9. The summed E-state index contributed by atoms with van der Waals surface area (Å²) in [5.74, 6) is -0.265. The molecule has 14 heteroatoms. The summed E-state index contributed by atoms with van der Waals surface area (Å²) in [5.41, 5.74) is 0. The smallest absolute Gasteiger partial charge is 0.220 e. The molecule has 12 unspecified atom stereocenters. The third-order valence-electron chi connectivity index (χ3n) is 18.2. The molecule has 0 aliphatic carbocycles. The highest BCUT2D eigenvalue weighted by Gasteiger charge is 2.51. The Hall–Kier alpha value is -3.35. The van der Waals surface area contributed by atoms with Gasteiger partial charge in [-0.25, -0.2) is 0 Å². The predicted octanol–water partition coefficient (Wildman–Crippen LogP) is 17.1. The highest BCUT2D eigenvalue weighted by atomic mass is 16.7. The molecule has 0 aromatic rings. The van der Waals surface area contributed by atoms with Crippen LogP contribution in [0.25, 0.3) is 0 Å². The number of aliphatic hydroxyl groups excluding tert-OH is 8. The number of carbonyl (C=O) groups excluding carboxylic acids is 1. The zero-order valence-corrected chi connectivity index (χ0v) is 59.9. The second kappa shape index (κ2) is 64.1. The van der Waals surface area contributed by atoms with Gasteiger partial charge in [0.15, 0.2) is 12.6 Å². The van der Waals surface area contributed by atoms with Gasteiger partial charge in [0, 0.05) is 6.42 Å². The molecule has 2 heterocycles. The fourth-order valence-electron chi connectivity index (χ4n) is 12.1. The van der Waals surface area contributed by atoms with Crippen molar-refractivity contribution in [2.75, 3.05) is 19.8 Å². The van der Waals surface area contributed by atoms with Gasteiger partial charge in [-0.2, -0.15) is 0 Å². The molecule has 0 aromatic heterocycles. The number of nitrogens with one attached hydrogen (secondary N) is 1. The summed E-state index contributed by atoms with van der Waals surface area (Å²) in [4.78, 5) is 13.4. The van der Waals surface area contributed by atoms with Gasteiger partial charge >= 0.3 is 0 Å². The SMILES string of the molecule is CC/C=C\C/C=C\C/C=C\C/C=C\C/C=C\C/C=C\C/C=C\C/C=C\CCCCCCC(=O)NC(COC1OC(CO)C(OC2OC(CO)C(O)C(O)C2O)C(O)C1O)C(O)/C=C/CCCCCCCCCCCCCCCCCCCCCCCCCCCCCCCC. The molecule has 2 aliphatic rings. The molecule has 95 heavy (non-hydrogen) atoms. The Morgan fingerprint density at radius 3 is 1.12 bits per heavy atom. The molecule has 2 rings (SSSR count). The van der Waals surface area contributed by atoms with E-state index in [1.165, 1.54) is 180 Å². The fourth-order valence-corrected chi connectivity index (χ4v) is 12.1. The molecule has 14 nitrogen and oxygen atoms in total. The lowest BCUT2D eigenvalue weighted by atomic mass is 9.97. The first-order valence-electron chi connectivity index (χ1n) is 38.6. The number of aliphatic hydroxyl groups is 8. The molecule has 2 aliphatic heterocycles. The maximum atomic E-state index is 13.4. The van der Waals surface area contributed by atoms with Crippen molar-refractivity contribution in [1.29, 1.82) is 0 Å². The second-order valence-electron chi connectivity index (χ2n) is 26.8. The molecule has 2 fully saturated rings. The van der Waals surface area contributed by atoms with Gasteiger partial charge in [0.25, 0.3) is 0 Å². The average molecular weight is 1340 g/mol. The molecule has 0 bridgehead atoms. The van der Waals surface area contributed by atoms with Crippen molar-refractivity contribution in [3.63, 3.8) is 0 Å². The molecular weight excluding hydrogens is 1190 g/mol. The van der Waals surface area contributed by atoms with E-state index in [4.69, 9.17) is 18.9 Å². The molecule has 0 spiro atoms. The van der Waals surface area contributed by atoms with E-state index < -0.39 is 86.8 Å². The Kier molecular flexibility index (Phi) is 59.2. The van der Waals surface area contributed by atoms with Gasteiger partial charge in [-0.05, 0) is 83.5 Å². The van der Waals surface area contributed by atoms with Crippen LogP contribution in [0.2, 0.25) is 0 Å². The Balaban J connectivity index is 1.67. The maximum Gasteiger partial charge on any atom is 0.220 e. The lowest BCUT2D eigenvalue weighted by Gasteiger charge is -2.46. The Labute approximate surface area is 578 Å². The third kappa shape index (κ3) is 47.4. The van der Waals surface area contributed by atoms with E-state index in [2.05, 4.69) is 116 Å². The van der Waals surface area contributed by atoms with Crippen molar-refractivity contribution < 1.29 is 64.6 Å². The minimum Gasteiger partial charge on any atom is -0.394 e. The van der Waals surface area contributed by atoms with Crippen LogP contribution in [0.4, 0.5) is 0 Å². The van der Waals surface area contributed by atoms with Crippen molar-refractivity contribution in [1.82, 2.24) is 5.32 Å². The van der Waals surface area contributed by atoms with Gasteiger partial charge in [-0.1, -0.05) is 322 Å². The molecule has 0 radical (unpaired) electrons. The van der Waals surface area contributed by atoms with Crippen LogP contribution in [0.5, 0.6) is 0 Å². The molecule has 0 aromatic carbocycles. The summed E-state index contributed by atoms with van der Waals surface area (Å²) in [6.07, 6.45) is 75.8. The third-order valence-corrected chi connectivity index (χ3v) is 18.2. The first-order chi connectivity index (χ1) is 46.6. The lowest BCUT2D eigenvalue weighted by molar-refractivity contribution is -0.359. The minimum absolute atomic E-state index is 0.245. The number of allylic oxidation sites excluding steroid dienone is 17. The van der Waals surface area contributed by atoms with E-state index in [1.54, 1.807) is 6.08 Å². The average Bonchev–Trinajstić information content (AvgIpc) is 0.801. The standard InChI is InChI=1S/C81H141NO13/c1-3-5-7-9-11-13-15-17-19-21-23-25-27-29-31-33-34-35-37-38-40-42-44-46-48-50-52-54-56-58-60-62-64-70(85)69(68-92-80-78(91)76(89)79(72(67-84)94-80)95-81-77(90)75(88)74(87)71(66-83)93-81)82-73(86)65-63-61-59-57-55-53-51-49-47-45-43-41-39-36-32-30-28-26-24-22-20-18-16-14-12-10-8-6-4-2/h6,8,12,14,18,20,24,26,30,32,39,41,45,47,51,53,62,64,69-72,74-81,83-85,87-91H,3-5,7,9-11,13,15-17,19,21-23,25,27-29,31,33-38,40,42-44,46,48-50,52,54-61,63,65-68H2,1-2H3,(H,82,86)/b8-6-,14-12-,20-18-,26-24-,32-30-,41-39-,47-45-,53-51-,64-62+. The molecule has 0 saturated carbocycles. The molecule has 12 atom stereocenters. The van der Waals surface area contributed by atoms with Crippen LogP contribution in [0.15, 0.2) is 109 Å². The predicted molar refractivity (Wildman–Crippen MR) is 392 cm³/mol. The summed E-state index contributed by atoms with van der Waals surface area (Å²) in [5, 5.41) is 87.6. The highest BCUT2D eigenvalue weighted by molar-refractivity contribution is 5.76. The maximum absolute atomic E-state index is 13.4. The summed E-state index contributed by atoms with van der Waals surface area (Å²) >= 11 is 0. The van der Waals surface area contributed by atoms with Gasteiger partial charge in [0.2, 0.25) is 5.91 Å². The summed E-state index contributed by atoms with van der Waals surface area (Å²) in [6, 6.07) is -0.939. The number of amides is 1. The first-order valence-corrected chi connectivity index (χ1v) is 38.6. The van der Waals surface area contributed by atoms with Gasteiger partial charge in [0.1, 0.15) is 48.8 Å². The summed E-state index contributed by atoms with van der Waals surface area (Å²) in [7, 11) is 0. The Morgan fingerprint density at radius 1 is 0.389 bits per heavy atom. The van der Waals surface area contributed by atoms with Crippen LogP contribution in [-0.4, -0.2) is 140 Å². The first kappa shape index (κ1) is 87.7. The fraction of sp³-hybridized carbons (Fsp3) is 0.765. The van der Waals surface area contributed by atoms with Crippen molar-refractivity contribution in [2.45, 2.75) is 376 Å². The van der Waals surface area contributed by atoms with E-state index in [1.807, 2.05) is 6.08 Å². The Morgan fingerprint density at radius 2 is 0.726 bits per heavy atom. The second-order valence-corrected chi connectivity index (χ2v) is 26.8. The number of rotatable bonds is 63. The van der Waals surface area contributed by atoms with Gasteiger partial charge < -0.3 is 65.1 Å².